The number of nitrogens with zero attached hydrogens (tertiary/aromatic N) is 4. The highest BCUT2D eigenvalue weighted by Gasteiger charge is 2.17. The van der Waals surface area contributed by atoms with E-state index in [1.54, 1.807) is 10.9 Å². The van der Waals surface area contributed by atoms with Gasteiger partial charge in [0, 0.05) is 12.4 Å². The van der Waals surface area contributed by atoms with Crippen molar-refractivity contribution in [1.29, 1.82) is 0 Å². The van der Waals surface area contributed by atoms with Gasteiger partial charge in [0.25, 0.3) is 5.56 Å². The summed E-state index contributed by atoms with van der Waals surface area (Å²) < 4.78 is 11.3. The molecule has 0 aliphatic rings. The van der Waals surface area contributed by atoms with Crippen LogP contribution in [0.2, 0.25) is 0 Å². The molecule has 0 atom stereocenters. The van der Waals surface area contributed by atoms with E-state index in [-0.39, 0.29) is 5.56 Å². The molecule has 0 unspecified atom stereocenters. The molecule has 3 heterocycles. The standard InChI is InChI=1S/C31H26N4O2S/c1-22-29(30(36)35(33(22)2)26-12-7-4-8-13-26)32-31-34(20-27-14-9-19-37-27)28(21-38-31)25-17-15-24(16-18-25)23-10-5-3-6-11-23/h3-19,21H,20H2,1-2H3. The van der Waals surface area contributed by atoms with Crippen molar-refractivity contribution in [3.05, 3.63) is 135 Å². The molecule has 6 rings (SSSR count). The molecule has 38 heavy (non-hydrogen) atoms. The summed E-state index contributed by atoms with van der Waals surface area (Å²) in [6.45, 7) is 2.43. The maximum atomic E-state index is 13.5. The maximum absolute atomic E-state index is 13.5. The van der Waals surface area contributed by atoms with E-state index in [0.717, 1.165) is 38.8 Å². The maximum Gasteiger partial charge on any atom is 0.297 e. The molecule has 0 fully saturated rings. The molecule has 0 N–H and O–H groups in total. The van der Waals surface area contributed by atoms with Gasteiger partial charge in [-0.25, -0.2) is 9.67 Å². The summed E-state index contributed by atoms with van der Waals surface area (Å²) in [6.07, 6.45) is 1.67. The van der Waals surface area contributed by atoms with E-state index in [1.165, 1.54) is 16.9 Å². The Hall–Kier alpha value is -4.62. The van der Waals surface area contributed by atoms with E-state index in [9.17, 15) is 4.79 Å². The number of aromatic nitrogens is 3. The smallest absolute Gasteiger partial charge is 0.297 e. The van der Waals surface area contributed by atoms with Crippen molar-refractivity contribution in [3.63, 3.8) is 0 Å². The van der Waals surface area contributed by atoms with Crippen molar-refractivity contribution in [2.45, 2.75) is 13.5 Å². The van der Waals surface area contributed by atoms with Crippen LogP contribution in [0.3, 0.4) is 0 Å². The summed E-state index contributed by atoms with van der Waals surface area (Å²) in [7, 11) is 1.88. The van der Waals surface area contributed by atoms with Crippen LogP contribution in [0.5, 0.6) is 0 Å². The fourth-order valence-corrected chi connectivity index (χ4v) is 5.52. The highest BCUT2D eigenvalue weighted by atomic mass is 32.1. The lowest BCUT2D eigenvalue weighted by atomic mass is 10.0. The van der Waals surface area contributed by atoms with Crippen molar-refractivity contribution < 1.29 is 4.42 Å². The number of furan rings is 1. The Balaban J connectivity index is 1.47. The molecule has 0 aliphatic carbocycles. The van der Waals surface area contributed by atoms with Crippen LogP contribution in [-0.4, -0.2) is 13.9 Å². The molecule has 6 aromatic rings. The topological polar surface area (TPSA) is 57.4 Å². The molecule has 3 aromatic heterocycles. The van der Waals surface area contributed by atoms with Gasteiger partial charge >= 0.3 is 0 Å². The van der Waals surface area contributed by atoms with Gasteiger partial charge < -0.3 is 8.98 Å². The number of thiazole rings is 1. The zero-order valence-corrected chi connectivity index (χ0v) is 21.9. The van der Waals surface area contributed by atoms with Gasteiger partial charge in [0.1, 0.15) is 5.76 Å². The molecule has 0 radical (unpaired) electrons. The lowest BCUT2D eigenvalue weighted by molar-refractivity contribution is 0.492. The number of para-hydroxylation sites is 1. The first-order chi connectivity index (χ1) is 18.6. The third kappa shape index (κ3) is 4.37. The molecule has 0 saturated heterocycles. The summed E-state index contributed by atoms with van der Waals surface area (Å²) in [4.78, 5) is 19.2. The average Bonchev–Trinajstić information content (AvgIpc) is 3.67. The fourth-order valence-electron chi connectivity index (χ4n) is 4.60. The molecule has 0 bridgehead atoms. The molecule has 0 aliphatic heterocycles. The third-order valence-electron chi connectivity index (χ3n) is 6.71. The van der Waals surface area contributed by atoms with Crippen LogP contribution in [0.4, 0.5) is 5.69 Å². The van der Waals surface area contributed by atoms with Gasteiger partial charge in [-0.15, -0.1) is 11.3 Å². The largest absolute Gasteiger partial charge is 0.467 e. The Morgan fingerprint density at radius 3 is 2.16 bits per heavy atom. The van der Waals surface area contributed by atoms with Crippen LogP contribution < -0.4 is 10.4 Å². The van der Waals surface area contributed by atoms with Crippen LogP contribution in [0.15, 0.2) is 123 Å². The summed E-state index contributed by atoms with van der Waals surface area (Å²) in [5.41, 5.74) is 6.30. The molecule has 0 saturated carbocycles. The molecule has 0 amide bonds. The molecule has 7 heteroatoms. The van der Waals surface area contributed by atoms with Gasteiger partial charge in [-0.2, -0.15) is 0 Å². The van der Waals surface area contributed by atoms with E-state index in [0.29, 0.717) is 12.2 Å². The first kappa shape index (κ1) is 23.8. The second-order valence-corrected chi connectivity index (χ2v) is 9.87. The van der Waals surface area contributed by atoms with E-state index < -0.39 is 0 Å². The monoisotopic (exact) mass is 518 g/mol. The first-order valence-corrected chi connectivity index (χ1v) is 13.2. The molecular formula is C31H26N4O2S. The molecular weight excluding hydrogens is 492 g/mol. The van der Waals surface area contributed by atoms with Gasteiger partial charge in [-0.1, -0.05) is 72.8 Å². The van der Waals surface area contributed by atoms with E-state index in [2.05, 4.69) is 46.3 Å². The van der Waals surface area contributed by atoms with Crippen LogP contribution in [-0.2, 0) is 13.6 Å². The lowest BCUT2D eigenvalue weighted by Gasteiger charge is -2.09. The minimum atomic E-state index is -0.150. The van der Waals surface area contributed by atoms with Gasteiger partial charge in [0.05, 0.1) is 29.9 Å². The number of rotatable bonds is 6. The second kappa shape index (κ2) is 10.0. The van der Waals surface area contributed by atoms with Crippen molar-refractivity contribution in [3.8, 4) is 28.1 Å². The Kier molecular flexibility index (Phi) is 6.27. The quantitative estimate of drug-likeness (QED) is 0.251. The SMILES string of the molecule is Cc1c(N=c2scc(-c3ccc(-c4ccccc4)cc3)n2Cc2ccco2)c(=O)n(-c2ccccc2)n1C. The number of hydrogen-bond acceptors (Lipinski definition) is 4. The lowest BCUT2D eigenvalue weighted by Crippen LogP contribution is -2.20. The molecule has 0 spiro atoms. The van der Waals surface area contributed by atoms with E-state index in [1.807, 2.05) is 79.3 Å². The van der Waals surface area contributed by atoms with Crippen molar-refractivity contribution in [2.75, 3.05) is 0 Å². The summed E-state index contributed by atoms with van der Waals surface area (Å²) >= 11 is 1.51. The summed E-state index contributed by atoms with van der Waals surface area (Å²) in [6, 6.07) is 32.3. The number of hydrogen-bond donors (Lipinski definition) is 0. The summed E-state index contributed by atoms with van der Waals surface area (Å²) in [5, 5.41) is 2.09. The molecule has 3 aromatic carbocycles. The first-order valence-electron chi connectivity index (χ1n) is 12.4. The van der Waals surface area contributed by atoms with Crippen LogP contribution in [0.25, 0.3) is 28.1 Å². The Bertz CT molecular complexity index is 1810. The summed E-state index contributed by atoms with van der Waals surface area (Å²) in [5.74, 6) is 0.818. The Labute approximate surface area is 224 Å². The second-order valence-electron chi connectivity index (χ2n) is 9.03. The van der Waals surface area contributed by atoms with Crippen molar-refractivity contribution >= 4 is 17.0 Å². The predicted molar refractivity (Wildman–Crippen MR) is 152 cm³/mol. The average molecular weight is 519 g/mol. The van der Waals surface area contributed by atoms with Crippen LogP contribution >= 0.6 is 11.3 Å². The zero-order chi connectivity index (χ0) is 26.1. The van der Waals surface area contributed by atoms with Gasteiger partial charge in [0.15, 0.2) is 10.5 Å². The number of benzene rings is 3. The molecule has 6 nitrogen and oxygen atoms in total. The Morgan fingerprint density at radius 2 is 1.47 bits per heavy atom. The van der Waals surface area contributed by atoms with Gasteiger partial charge in [-0.3, -0.25) is 9.48 Å². The fraction of sp³-hybridized carbons (Fsp3) is 0.0968. The van der Waals surface area contributed by atoms with Crippen LogP contribution in [0.1, 0.15) is 11.5 Å². The van der Waals surface area contributed by atoms with Gasteiger partial charge in [0.2, 0.25) is 0 Å². The van der Waals surface area contributed by atoms with E-state index in [4.69, 9.17) is 9.41 Å². The highest BCUT2D eigenvalue weighted by Crippen LogP contribution is 2.26. The minimum Gasteiger partial charge on any atom is -0.467 e. The van der Waals surface area contributed by atoms with E-state index >= 15 is 0 Å². The normalized spacial score (nSPS) is 11.8. The van der Waals surface area contributed by atoms with Gasteiger partial charge in [-0.05, 0) is 47.9 Å². The zero-order valence-electron chi connectivity index (χ0n) is 21.1. The molecule has 188 valence electrons. The highest BCUT2D eigenvalue weighted by molar-refractivity contribution is 7.07. The Morgan fingerprint density at radius 1 is 0.816 bits per heavy atom. The van der Waals surface area contributed by atoms with Crippen molar-refractivity contribution in [2.24, 2.45) is 12.0 Å². The van der Waals surface area contributed by atoms with Crippen LogP contribution in [0, 0.1) is 6.92 Å². The minimum absolute atomic E-state index is 0.150. The third-order valence-corrected chi connectivity index (χ3v) is 7.57. The predicted octanol–water partition coefficient (Wildman–Crippen LogP) is 6.56. The van der Waals surface area contributed by atoms with Crippen molar-refractivity contribution in [1.82, 2.24) is 13.9 Å².